The Balaban J connectivity index is 0.678. The first-order valence-electron chi connectivity index (χ1n) is 23.8. The van der Waals surface area contributed by atoms with Crippen LogP contribution in [0.25, 0.3) is 22.2 Å². The number of hydrazine groups is 1. The van der Waals surface area contributed by atoms with Gasteiger partial charge in [0.2, 0.25) is 17.6 Å². The molecule has 1 spiro atoms. The monoisotopic (exact) mass is 979 g/mol. The van der Waals surface area contributed by atoms with Gasteiger partial charge in [-0.25, -0.2) is 37.2 Å². The van der Waals surface area contributed by atoms with Crippen LogP contribution in [0.1, 0.15) is 60.0 Å². The Bertz CT molecular complexity index is 2920. The van der Waals surface area contributed by atoms with Crippen molar-refractivity contribution in [1.29, 1.82) is 0 Å². The van der Waals surface area contributed by atoms with Crippen LogP contribution in [0.5, 0.6) is 0 Å². The predicted octanol–water partition coefficient (Wildman–Crippen LogP) is 5.34. The molecule has 11 rings (SSSR count). The van der Waals surface area contributed by atoms with Gasteiger partial charge in [0.25, 0.3) is 11.3 Å². The van der Waals surface area contributed by atoms with Crippen molar-refractivity contribution in [2.45, 2.75) is 57.2 Å². The molecule has 6 aliphatic rings. The molecule has 0 saturated carbocycles. The number of halogens is 3. The number of hydrogen-bond donors (Lipinski definition) is 4. The number of aromatic nitrogens is 3. The molecule has 5 saturated heterocycles. The minimum atomic E-state index is -2.82. The predicted molar refractivity (Wildman–Crippen MR) is 256 cm³/mol. The standard InChI is InChI=1S/C49H52F3N11O6S/c50-32-14-19-61(24-32)63(70(68)69)40-9-7-37(51)42(43(40)52)44(65)36-22-55-45-35(36)20-31(21-54-45)30-3-5-33(6-4-30)59-17-12-29(13-18-59)23-58-25-49(26-58)27-60(28-49)39-11-15-53-46-34(39)2-1-16-62(46)48(67)56-38-8-10-41(64)57-47(38)66/h3-7,9,11,15,20-22,29,32,38H,1-2,8,10,12-14,16-19,23-28H2,(H,54,55)(H,56,67)(H,68,69)(H,57,64,66)/t32-,38?/m1/s1. The summed E-state index contributed by atoms with van der Waals surface area (Å²) in [5, 5.41) is 6.62. The lowest BCUT2D eigenvalue weighted by atomic mass is 9.72. The average Bonchev–Trinajstić information content (AvgIpc) is 3.96. The Labute approximate surface area is 403 Å². The first kappa shape index (κ1) is 46.0. The van der Waals surface area contributed by atoms with Gasteiger partial charge in [-0.15, -0.1) is 0 Å². The van der Waals surface area contributed by atoms with Gasteiger partial charge in [-0.2, -0.15) is 4.41 Å². The van der Waals surface area contributed by atoms with E-state index in [1.54, 1.807) is 23.4 Å². The first-order valence-corrected chi connectivity index (χ1v) is 24.9. The molecule has 21 heteroatoms. The molecule has 4 N–H and O–H groups in total. The number of benzene rings is 2. The fraction of sp³-hybridized carbons (Fsp3) is 0.429. The van der Waals surface area contributed by atoms with E-state index in [4.69, 9.17) is 0 Å². The van der Waals surface area contributed by atoms with E-state index in [-0.39, 0.29) is 55.3 Å². The highest BCUT2D eigenvalue weighted by molar-refractivity contribution is 7.80. The lowest BCUT2D eigenvalue weighted by molar-refractivity contribution is -0.134. The number of aromatic amines is 1. The molecule has 17 nitrogen and oxygen atoms in total. The number of carbonyl (C=O) groups is 4. The Morgan fingerprint density at radius 1 is 0.914 bits per heavy atom. The molecule has 9 heterocycles. The van der Waals surface area contributed by atoms with Gasteiger partial charge < -0.3 is 25.0 Å². The van der Waals surface area contributed by atoms with Crippen LogP contribution < -0.4 is 29.7 Å². The van der Waals surface area contributed by atoms with Gasteiger partial charge >= 0.3 is 6.03 Å². The normalized spacial score (nSPS) is 22.1. The number of ketones is 1. The Kier molecular flexibility index (Phi) is 12.1. The fourth-order valence-corrected chi connectivity index (χ4v) is 12.0. The Morgan fingerprint density at radius 3 is 2.43 bits per heavy atom. The first-order chi connectivity index (χ1) is 33.8. The summed E-state index contributed by atoms with van der Waals surface area (Å²) in [6.45, 7) is 7.27. The smallest absolute Gasteiger partial charge is 0.323 e. The quantitative estimate of drug-likeness (QED) is 0.0757. The average molecular weight is 980 g/mol. The van der Waals surface area contributed by atoms with Gasteiger partial charge in [0.1, 0.15) is 35.2 Å². The maximum absolute atomic E-state index is 16.1. The number of alkyl halides is 1. The number of piperidine rings is 2. The van der Waals surface area contributed by atoms with E-state index in [1.165, 1.54) is 11.2 Å². The zero-order chi connectivity index (χ0) is 48.4. The van der Waals surface area contributed by atoms with Crippen molar-refractivity contribution in [3.05, 3.63) is 95.4 Å². The van der Waals surface area contributed by atoms with Gasteiger partial charge in [-0.1, -0.05) is 12.1 Å². The number of rotatable bonds is 11. The lowest BCUT2D eigenvalue weighted by Crippen LogP contribution is -2.72. The molecule has 4 amide bonds. The van der Waals surface area contributed by atoms with Gasteiger partial charge in [0, 0.05) is 123 Å². The number of carbonyl (C=O) groups excluding carboxylic acids is 4. The molecule has 0 bridgehead atoms. The van der Waals surface area contributed by atoms with E-state index in [2.05, 4.69) is 52.4 Å². The third-order valence-corrected chi connectivity index (χ3v) is 15.6. The molecule has 6 aliphatic heterocycles. The summed E-state index contributed by atoms with van der Waals surface area (Å²) >= 11 is -2.82. The Hall–Kier alpha value is -6.42. The summed E-state index contributed by atoms with van der Waals surface area (Å²) < 4.78 is 68.3. The summed E-state index contributed by atoms with van der Waals surface area (Å²) in [6.07, 6.45) is 7.78. The molecule has 2 aromatic carbocycles. The van der Waals surface area contributed by atoms with E-state index in [0.29, 0.717) is 39.3 Å². The number of H-pyrrole nitrogens is 1. The van der Waals surface area contributed by atoms with Crippen LogP contribution in [0.3, 0.4) is 0 Å². The number of nitrogens with one attached hydrogen (secondary N) is 3. The highest BCUT2D eigenvalue weighted by Crippen LogP contribution is 2.45. The number of likely N-dealkylation sites (tertiary alicyclic amines) is 1. The molecule has 0 radical (unpaired) electrons. The molecular weight excluding hydrogens is 928 g/mol. The molecule has 2 unspecified atom stereocenters. The van der Waals surface area contributed by atoms with Crippen molar-refractivity contribution in [3.63, 3.8) is 0 Å². The fourth-order valence-electron chi connectivity index (χ4n) is 11.4. The van der Waals surface area contributed by atoms with Crippen LogP contribution >= 0.6 is 0 Å². The molecule has 3 aromatic heterocycles. The van der Waals surface area contributed by atoms with Crippen LogP contribution in [0, 0.1) is 23.0 Å². The van der Waals surface area contributed by atoms with Crippen molar-refractivity contribution in [2.75, 3.05) is 84.6 Å². The van der Waals surface area contributed by atoms with Gasteiger partial charge in [-0.3, -0.25) is 29.2 Å². The van der Waals surface area contributed by atoms with Crippen molar-refractivity contribution < 1.29 is 41.1 Å². The number of nitrogens with zero attached hydrogens (tertiary/aromatic N) is 8. The second-order valence-electron chi connectivity index (χ2n) is 19.6. The van der Waals surface area contributed by atoms with E-state index in [1.807, 2.05) is 18.2 Å². The van der Waals surface area contributed by atoms with Crippen molar-refractivity contribution in [2.24, 2.45) is 11.3 Å². The van der Waals surface area contributed by atoms with Crippen LogP contribution in [0.15, 0.2) is 67.1 Å². The summed E-state index contributed by atoms with van der Waals surface area (Å²) in [4.78, 5) is 72.1. The number of urea groups is 1. The molecule has 0 aliphatic carbocycles. The summed E-state index contributed by atoms with van der Waals surface area (Å²) in [5.41, 5.74) is 3.96. The number of imide groups is 1. The van der Waals surface area contributed by atoms with Crippen LogP contribution in [-0.2, 0) is 27.3 Å². The van der Waals surface area contributed by atoms with Crippen molar-refractivity contribution in [3.8, 4) is 11.1 Å². The summed E-state index contributed by atoms with van der Waals surface area (Å²) in [6, 6.07) is 12.6. The number of fused-ring (bicyclic) bond motifs is 2. The zero-order valence-corrected chi connectivity index (χ0v) is 39.0. The maximum atomic E-state index is 16.1. The second-order valence-corrected chi connectivity index (χ2v) is 20.4. The van der Waals surface area contributed by atoms with E-state index < -0.39 is 58.1 Å². The van der Waals surface area contributed by atoms with Crippen molar-refractivity contribution >= 4 is 68.8 Å². The SMILES string of the molecule is O=C1CCC(NC(=O)N2CCCc3c(N4CC5(CN(CC6CCN(c7ccc(-c8cnc9[nH]cc(C(=O)c%10c(F)ccc(N(N%11CC[C@@H](F)C%11)S(=O)O)c%10F)c9c8)cc7)CC6)C5)C4)ccnc32)C(=O)N1. The number of hydrogen-bond acceptors (Lipinski definition) is 11. The molecule has 5 aromatic rings. The third-order valence-electron chi connectivity index (χ3n) is 14.9. The zero-order valence-electron chi connectivity index (χ0n) is 38.2. The number of pyridine rings is 2. The number of anilines is 4. The van der Waals surface area contributed by atoms with Gasteiger partial charge in [-0.05, 0) is 86.4 Å². The van der Waals surface area contributed by atoms with Crippen molar-refractivity contribution in [1.82, 2.24) is 35.5 Å². The molecule has 366 valence electrons. The molecular formula is C49H52F3N11O6S. The lowest BCUT2D eigenvalue weighted by Gasteiger charge is -2.62. The third kappa shape index (κ3) is 8.55. The highest BCUT2D eigenvalue weighted by atomic mass is 32.2. The minimum absolute atomic E-state index is 0.0286. The maximum Gasteiger partial charge on any atom is 0.323 e. The highest BCUT2D eigenvalue weighted by Gasteiger charge is 2.52. The van der Waals surface area contributed by atoms with Gasteiger partial charge in [0.05, 0.1) is 12.1 Å². The van der Waals surface area contributed by atoms with E-state index in [0.717, 1.165) is 106 Å². The topological polar surface area (TPSA) is 191 Å². The van der Waals surface area contributed by atoms with Gasteiger partial charge in [0.15, 0.2) is 5.82 Å². The summed E-state index contributed by atoms with van der Waals surface area (Å²) in [7, 11) is 0. The largest absolute Gasteiger partial charge is 0.372 e. The van der Waals surface area contributed by atoms with Crippen LogP contribution in [-0.4, -0.2) is 135 Å². The minimum Gasteiger partial charge on any atom is -0.372 e. The Morgan fingerprint density at radius 2 is 1.70 bits per heavy atom. The second kappa shape index (κ2) is 18.4. The van der Waals surface area contributed by atoms with E-state index >= 15 is 8.78 Å². The van der Waals surface area contributed by atoms with E-state index in [9.17, 15) is 32.3 Å². The summed E-state index contributed by atoms with van der Waals surface area (Å²) in [5.74, 6) is -3.03. The number of amides is 4. The van der Waals surface area contributed by atoms with Crippen LogP contribution in [0.2, 0.25) is 0 Å². The molecule has 3 atom stereocenters. The molecule has 5 fully saturated rings. The van der Waals surface area contributed by atoms with Crippen LogP contribution in [0.4, 0.5) is 40.8 Å². The molecule has 70 heavy (non-hydrogen) atoms.